The third-order valence-corrected chi connectivity index (χ3v) is 1.94. The minimum atomic E-state index is -4.48. The van der Waals surface area contributed by atoms with E-state index in [1.807, 2.05) is 0 Å². The van der Waals surface area contributed by atoms with E-state index in [1.165, 1.54) is 13.8 Å². The van der Waals surface area contributed by atoms with E-state index in [4.69, 9.17) is 0 Å². The first-order chi connectivity index (χ1) is 8.07. The Morgan fingerprint density at radius 2 is 1.39 bits per heavy atom. The smallest absolute Gasteiger partial charge is 0.207 e. The van der Waals surface area contributed by atoms with Gasteiger partial charge in [-0.2, -0.15) is 13.2 Å². The summed E-state index contributed by atoms with van der Waals surface area (Å²) in [5.41, 5.74) is -1.15. The lowest BCUT2D eigenvalue weighted by molar-refractivity contribution is -0.138. The van der Waals surface area contributed by atoms with Crippen molar-refractivity contribution in [3.05, 3.63) is 35.1 Å². The van der Waals surface area contributed by atoms with Gasteiger partial charge in [-0.3, -0.25) is 0 Å². The van der Waals surface area contributed by atoms with Crippen LogP contribution in [-0.4, -0.2) is 0 Å². The second-order valence-corrected chi connectivity index (χ2v) is 5.09. The van der Waals surface area contributed by atoms with Crippen molar-refractivity contribution in [1.82, 2.24) is 0 Å². The minimum Gasteiger partial charge on any atom is -0.207 e. The zero-order valence-electron chi connectivity index (χ0n) is 11.4. The molecule has 0 nitrogen and oxygen atoms in total. The van der Waals surface area contributed by atoms with Gasteiger partial charge in [-0.15, -0.1) is 0 Å². The minimum absolute atomic E-state index is 0.264. The molecule has 0 saturated heterocycles. The number of rotatable bonds is 1. The van der Waals surface area contributed by atoms with Crippen molar-refractivity contribution < 1.29 is 17.6 Å². The maximum atomic E-state index is 13.1. The van der Waals surface area contributed by atoms with Gasteiger partial charge in [0.2, 0.25) is 0 Å². The summed E-state index contributed by atoms with van der Waals surface area (Å²) in [4.78, 5) is 0. The van der Waals surface area contributed by atoms with Gasteiger partial charge in [-0.1, -0.05) is 40.7 Å². The van der Waals surface area contributed by atoms with Crippen LogP contribution in [0.4, 0.5) is 17.6 Å². The van der Waals surface area contributed by atoms with E-state index in [0.29, 0.717) is 0 Å². The molecule has 0 atom stereocenters. The van der Waals surface area contributed by atoms with Crippen LogP contribution in [0.3, 0.4) is 0 Å². The molecule has 1 aromatic rings. The first-order valence-electron chi connectivity index (χ1n) is 5.93. The summed E-state index contributed by atoms with van der Waals surface area (Å²) in [6.07, 6.45) is -4.48. The van der Waals surface area contributed by atoms with Crippen molar-refractivity contribution >= 4 is 0 Å². The van der Waals surface area contributed by atoms with E-state index in [2.05, 4.69) is 20.8 Å². The summed E-state index contributed by atoms with van der Waals surface area (Å²) >= 11 is 0. The van der Waals surface area contributed by atoms with E-state index in [-0.39, 0.29) is 5.56 Å². The first-order valence-corrected chi connectivity index (χ1v) is 5.93. The van der Waals surface area contributed by atoms with Gasteiger partial charge in [0.25, 0.3) is 0 Å². The van der Waals surface area contributed by atoms with Gasteiger partial charge < -0.3 is 0 Å². The molecule has 1 rings (SSSR count). The Morgan fingerprint density at radius 3 is 1.67 bits per heavy atom. The second kappa shape index (κ2) is 6.76. The lowest BCUT2D eigenvalue weighted by Crippen LogP contribution is -2.11. The van der Waals surface area contributed by atoms with E-state index in [1.54, 1.807) is 0 Å². The highest BCUT2D eigenvalue weighted by Gasteiger charge is 2.34. The van der Waals surface area contributed by atoms with Crippen LogP contribution in [0, 0.1) is 11.7 Å². The van der Waals surface area contributed by atoms with Crippen molar-refractivity contribution in [1.29, 1.82) is 0 Å². The third-order valence-electron chi connectivity index (χ3n) is 1.94. The molecule has 0 bridgehead atoms. The molecule has 0 aliphatic rings. The van der Waals surface area contributed by atoms with Crippen LogP contribution in [-0.2, 0) is 6.18 Å². The van der Waals surface area contributed by atoms with Gasteiger partial charge in [-0.05, 0) is 24.0 Å². The van der Waals surface area contributed by atoms with Crippen LogP contribution in [0.25, 0.3) is 0 Å². The Morgan fingerprint density at radius 1 is 0.944 bits per heavy atom. The summed E-state index contributed by atoms with van der Waals surface area (Å²) in [5.74, 6) is -0.442. The zero-order chi connectivity index (χ0) is 14.5. The Labute approximate surface area is 106 Å². The fourth-order valence-corrected chi connectivity index (χ4v) is 1.37. The van der Waals surface area contributed by atoms with Crippen molar-refractivity contribution in [3.63, 3.8) is 0 Å². The normalized spacial score (nSPS) is 11.5. The largest absolute Gasteiger partial charge is 0.416 e. The third kappa shape index (κ3) is 5.52. The first kappa shape index (κ1) is 16.9. The molecule has 0 aromatic heterocycles. The predicted octanol–water partition coefficient (Wildman–Crippen LogP) is 5.63. The second-order valence-electron chi connectivity index (χ2n) is 5.09. The fraction of sp³-hybridized carbons (Fsp3) is 0.571. The average Bonchev–Trinajstić information content (AvgIpc) is 2.14. The van der Waals surface area contributed by atoms with Crippen molar-refractivity contribution in [2.24, 2.45) is 5.92 Å². The van der Waals surface area contributed by atoms with Crippen LogP contribution >= 0.6 is 0 Å². The average molecular weight is 264 g/mol. The van der Waals surface area contributed by atoms with Crippen molar-refractivity contribution in [3.8, 4) is 0 Å². The van der Waals surface area contributed by atoms with Gasteiger partial charge in [-0.25, -0.2) is 4.39 Å². The van der Waals surface area contributed by atoms with Crippen molar-refractivity contribution in [2.45, 2.75) is 46.7 Å². The van der Waals surface area contributed by atoms with Gasteiger partial charge >= 0.3 is 6.18 Å². The molecular weight excluding hydrogens is 244 g/mol. The van der Waals surface area contributed by atoms with E-state index in [0.717, 1.165) is 24.1 Å². The van der Waals surface area contributed by atoms with Crippen LogP contribution < -0.4 is 0 Å². The van der Waals surface area contributed by atoms with Crippen molar-refractivity contribution in [2.75, 3.05) is 0 Å². The van der Waals surface area contributed by atoms with Crippen LogP contribution in [0.2, 0.25) is 0 Å². The monoisotopic (exact) mass is 264 g/mol. The fourth-order valence-electron chi connectivity index (χ4n) is 1.37. The molecule has 0 fully saturated rings. The van der Waals surface area contributed by atoms with Crippen LogP contribution in [0.1, 0.15) is 51.7 Å². The molecule has 0 amide bonds. The number of alkyl halides is 3. The molecule has 4 heteroatoms. The molecule has 0 radical (unpaired) electrons. The number of benzene rings is 1. The highest BCUT2D eigenvalue weighted by Crippen LogP contribution is 2.36. The molecule has 0 saturated carbocycles. The standard InChI is InChI=1S/C10H10F4.C4H10/c1-6(2)9-7(10(12,13)14)4-3-5-8(9)11;1-4(2)3/h3-6H,1-2H3;4H,1-3H3. The van der Waals surface area contributed by atoms with Gasteiger partial charge in [0.05, 0.1) is 5.56 Å². The zero-order valence-corrected chi connectivity index (χ0v) is 11.4. The molecule has 1 aromatic carbocycles. The molecule has 0 spiro atoms. The molecule has 0 heterocycles. The molecule has 104 valence electrons. The highest BCUT2D eigenvalue weighted by molar-refractivity contribution is 5.33. The highest BCUT2D eigenvalue weighted by atomic mass is 19.4. The molecular formula is C14H20F4. The Balaban J connectivity index is 0.000000631. The Kier molecular flexibility index (Phi) is 6.36. The van der Waals surface area contributed by atoms with E-state index >= 15 is 0 Å². The predicted molar refractivity (Wildman–Crippen MR) is 66.0 cm³/mol. The molecule has 18 heavy (non-hydrogen) atoms. The topological polar surface area (TPSA) is 0 Å². The SMILES string of the molecule is CC(C)C.CC(C)c1c(F)cccc1C(F)(F)F. The van der Waals surface area contributed by atoms with E-state index in [9.17, 15) is 17.6 Å². The number of hydrogen-bond donors (Lipinski definition) is 0. The van der Waals surface area contributed by atoms with E-state index < -0.39 is 23.5 Å². The summed E-state index contributed by atoms with van der Waals surface area (Å²) < 4.78 is 50.4. The number of halogens is 4. The van der Waals surface area contributed by atoms with Crippen LogP contribution in [0.5, 0.6) is 0 Å². The lowest BCUT2D eigenvalue weighted by atomic mass is 9.96. The summed E-state index contributed by atoms with van der Waals surface area (Å²) in [7, 11) is 0. The summed E-state index contributed by atoms with van der Waals surface area (Å²) in [6, 6.07) is 3.02. The summed E-state index contributed by atoms with van der Waals surface area (Å²) in [5, 5.41) is 0. The summed E-state index contributed by atoms with van der Waals surface area (Å²) in [6.45, 7) is 9.57. The number of hydrogen-bond acceptors (Lipinski definition) is 0. The molecule has 0 aliphatic carbocycles. The quantitative estimate of drug-likeness (QED) is 0.576. The molecule has 0 aliphatic heterocycles. The van der Waals surface area contributed by atoms with Gasteiger partial charge in [0.1, 0.15) is 5.82 Å². The van der Waals surface area contributed by atoms with Gasteiger partial charge in [0.15, 0.2) is 0 Å². The van der Waals surface area contributed by atoms with Gasteiger partial charge in [0, 0.05) is 5.56 Å². The molecule has 0 unspecified atom stereocenters. The lowest BCUT2D eigenvalue weighted by Gasteiger charge is -2.15. The Bertz CT molecular complexity index is 362. The maximum absolute atomic E-state index is 13.1. The van der Waals surface area contributed by atoms with Crippen LogP contribution in [0.15, 0.2) is 18.2 Å². The maximum Gasteiger partial charge on any atom is 0.416 e. The Hall–Kier alpha value is -1.06. The molecule has 0 N–H and O–H groups in total.